The maximum Gasteiger partial charge on any atom is 0.105 e. The zero-order valence-corrected chi connectivity index (χ0v) is 8.78. The van der Waals surface area contributed by atoms with Crippen LogP contribution in [0, 0.1) is 11.8 Å². The third kappa shape index (κ3) is 2.18. The lowest BCUT2D eigenvalue weighted by molar-refractivity contribution is 0.386. The summed E-state index contributed by atoms with van der Waals surface area (Å²) in [4.78, 5) is 0. The number of hydrogen-bond acceptors (Lipinski definition) is 2. The molecule has 14 heavy (non-hydrogen) atoms. The minimum Gasteiger partial charge on any atom is -0.469 e. The number of hydrogen-bond donors (Lipinski definition) is 1. The van der Waals surface area contributed by atoms with Gasteiger partial charge in [0.25, 0.3) is 0 Å². The van der Waals surface area contributed by atoms with Crippen molar-refractivity contribution in [3.05, 3.63) is 24.2 Å². The summed E-state index contributed by atoms with van der Waals surface area (Å²) in [5.74, 6) is 2.59. The van der Waals surface area contributed by atoms with Crippen LogP contribution in [0.3, 0.4) is 0 Å². The van der Waals surface area contributed by atoms with Gasteiger partial charge in [-0.15, -0.1) is 0 Å². The first-order chi connectivity index (χ1) is 6.75. The monoisotopic (exact) mass is 193 g/mol. The molecule has 78 valence electrons. The summed E-state index contributed by atoms with van der Waals surface area (Å²) in [7, 11) is 0. The molecule has 0 bridgehead atoms. The Labute approximate surface area is 85.5 Å². The molecule has 0 aliphatic heterocycles. The molecule has 3 atom stereocenters. The first kappa shape index (κ1) is 9.78. The van der Waals surface area contributed by atoms with Crippen LogP contribution in [0.5, 0.6) is 0 Å². The van der Waals surface area contributed by atoms with Crippen molar-refractivity contribution in [3.8, 4) is 0 Å². The molecule has 2 nitrogen and oxygen atoms in total. The minimum absolute atomic E-state index is 0.283. The molecule has 0 amide bonds. The maximum atomic E-state index is 6.17. The first-order valence-electron chi connectivity index (χ1n) is 5.53. The predicted molar refractivity (Wildman–Crippen MR) is 56.9 cm³/mol. The van der Waals surface area contributed by atoms with Crippen molar-refractivity contribution in [2.45, 2.75) is 38.6 Å². The van der Waals surface area contributed by atoms with E-state index in [0.29, 0.717) is 5.92 Å². The number of rotatable bonds is 3. The molecule has 3 unspecified atom stereocenters. The van der Waals surface area contributed by atoms with E-state index in [0.717, 1.165) is 18.1 Å². The van der Waals surface area contributed by atoms with Gasteiger partial charge in [0.2, 0.25) is 0 Å². The molecule has 1 aliphatic rings. The van der Waals surface area contributed by atoms with E-state index in [1.807, 2.05) is 12.1 Å². The first-order valence-corrected chi connectivity index (χ1v) is 5.53. The van der Waals surface area contributed by atoms with Crippen LogP contribution in [0.2, 0.25) is 0 Å². The van der Waals surface area contributed by atoms with Gasteiger partial charge in [-0.25, -0.2) is 0 Å². The molecule has 2 rings (SSSR count). The van der Waals surface area contributed by atoms with Crippen LogP contribution in [0.15, 0.2) is 22.8 Å². The van der Waals surface area contributed by atoms with Crippen LogP contribution in [0.1, 0.15) is 31.9 Å². The molecule has 0 saturated heterocycles. The molecular weight excluding hydrogens is 174 g/mol. The second kappa shape index (κ2) is 4.18. The standard InChI is InChI=1S/C12H19NO/c1-9-4-5-10(7-9)12(13)8-11-3-2-6-14-11/h2-3,6,9-10,12H,4-5,7-8,13H2,1H3. The summed E-state index contributed by atoms with van der Waals surface area (Å²) in [5.41, 5.74) is 6.17. The Hall–Kier alpha value is -0.760. The van der Waals surface area contributed by atoms with E-state index in [9.17, 15) is 0 Å². The fourth-order valence-electron chi connectivity index (χ4n) is 2.47. The molecule has 1 aromatic heterocycles. The Balaban J connectivity index is 1.87. The molecule has 0 radical (unpaired) electrons. The molecule has 1 saturated carbocycles. The topological polar surface area (TPSA) is 39.2 Å². The van der Waals surface area contributed by atoms with E-state index in [1.54, 1.807) is 6.26 Å². The minimum atomic E-state index is 0.283. The van der Waals surface area contributed by atoms with Crippen molar-refractivity contribution in [1.29, 1.82) is 0 Å². The third-order valence-corrected chi connectivity index (χ3v) is 3.36. The molecular formula is C12H19NO. The second-order valence-electron chi connectivity index (χ2n) is 4.63. The molecule has 1 aromatic rings. The Morgan fingerprint density at radius 1 is 1.57 bits per heavy atom. The highest BCUT2D eigenvalue weighted by molar-refractivity contribution is 5.01. The number of nitrogens with two attached hydrogens (primary N) is 1. The Morgan fingerprint density at radius 3 is 3.00 bits per heavy atom. The van der Waals surface area contributed by atoms with Crippen molar-refractivity contribution in [3.63, 3.8) is 0 Å². The van der Waals surface area contributed by atoms with Gasteiger partial charge in [-0.05, 0) is 36.8 Å². The SMILES string of the molecule is CC1CCC(C(N)Cc2ccco2)C1. The fraction of sp³-hybridized carbons (Fsp3) is 0.667. The van der Waals surface area contributed by atoms with Crippen LogP contribution in [0.4, 0.5) is 0 Å². The lowest BCUT2D eigenvalue weighted by Gasteiger charge is -2.17. The molecule has 1 heterocycles. The van der Waals surface area contributed by atoms with Crippen molar-refractivity contribution < 1.29 is 4.42 Å². The summed E-state index contributed by atoms with van der Waals surface area (Å²) in [5, 5.41) is 0. The van der Waals surface area contributed by atoms with Crippen molar-refractivity contribution >= 4 is 0 Å². The average molecular weight is 193 g/mol. The van der Waals surface area contributed by atoms with E-state index in [1.165, 1.54) is 19.3 Å². The molecule has 2 N–H and O–H groups in total. The maximum absolute atomic E-state index is 6.17. The molecule has 1 aliphatic carbocycles. The molecule has 0 spiro atoms. The molecule has 2 heteroatoms. The summed E-state index contributed by atoms with van der Waals surface area (Å²) in [6.07, 6.45) is 6.55. The van der Waals surface area contributed by atoms with Crippen molar-refractivity contribution in [1.82, 2.24) is 0 Å². The van der Waals surface area contributed by atoms with Crippen molar-refractivity contribution in [2.24, 2.45) is 17.6 Å². The largest absolute Gasteiger partial charge is 0.469 e. The van der Waals surface area contributed by atoms with Gasteiger partial charge in [0.05, 0.1) is 6.26 Å². The van der Waals surface area contributed by atoms with Crippen molar-refractivity contribution in [2.75, 3.05) is 0 Å². The Kier molecular flexibility index (Phi) is 2.92. The quantitative estimate of drug-likeness (QED) is 0.801. The van der Waals surface area contributed by atoms with Gasteiger partial charge < -0.3 is 10.2 Å². The van der Waals surface area contributed by atoms with Gasteiger partial charge in [0.15, 0.2) is 0 Å². The lowest BCUT2D eigenvalue weighted by atomic mass is 9.94. The highest BCUT2D eigenvalue weighted by Crippen LogP contribution is 2.32. The highest BCUT2D eigenvalue weighted by atomic mass is 16.3. The summed E-state index contributed by atoms with van der Waals surface area (Å²) >= 11 is 0. The second-order valence-corrected chi connectivity index (χ2v) is 4.63. The number of furan rings is 1. The zero-order valence-electron chi connectivity index (χ0n) is 8.78. The van der Waals surface area contributed by atoms with Gasteiger partial charge in [0.1, 0.15) is 5.76 Å². The molecule has 0 aromatic carbocycles. The smallest absolute Gasteiger partial charge is 0.105 e. The summed E-state index contributed by atoms with van der Waals surface area (Å²) in [6, 6.07) is 4.23. The van der Waals surface area contributed by atoms with Gasteiger partial charge >= 0.3 is 0 Å². The summed E-state index contributed by atoms with van der Waals surface area (Å²) in [6.45, 7) is 2.32. The van der Waals surface area contributed by atoms with Crippen LogP contribution < -0.4 is 5.73 Å². The predicted octanol–water partition coefficient (Wildman–Crippen LogP) is 2.59. The summed E-state index contributed by atoms with van der Waals surface area (Å²) < 4.78 is 5.31. The van der Waals surface area contributed by atoms with E-state index in [2.05, 4.69) is 6.92 Å². The van der Waals surface area contributed by atoms with E-state index < -0.39 is 0 Å². The highest BCUT2D eigenvalue weighted by Gasteiger charge is 2.26. The Bertz CT molecular complexity index is 268. The molecule has 1 fully saturated rings. The normalized spacial score (nSPS) is 29.3. The van der Waals surface area contributed by atoms with Crippen LogP contribution in [0.25, 0.3) is 0 Å². The lowest BCUT2D eigenvalue weighted by Crippen LogP contribution is -2.30. The van der Waals surface area contributed by atoms with Gasteiger partial charge in [-0.2, -0.15) is 0 Å². The van der Waals surface area contributed by atoms with E-state index >= 15 is 0 Å². The average Bonchev–Trinajstić information content (AvgIpc) is 2.75. The van der Waals surface area contributed by atoms with Crippen LogP contribution in [-0.4, -0.2) is 6.04 Å². The van der Waals surface area contributed by atoms with Crippen LogP contribution in [-0.2, 0) is 6.42 Å². The van der Waals surface area contributed by atoms with Gasteiger partial charge in [-0.3, -0.25) is 0 Å². The zero-order chi connectivity index (χ0) is 9.97. The van der Waals surface area contributed by atoms with Gasteiger partial charge in [-0.1, -0.05) is 13.3 Å². The van der Waals surface area contributed by atoms with Crippen LogP contribution >= 0.6 is 0 Å². The van der Waals surface area contributed by atoms with Gasteiger partial charge in [0, 0.05) is 12.5 Å². The fourth-order valence-corrected chi connectivity index (χ4v) is 2.47. The third-order valence-electron chi connectivity index (χ3n) is 3.36. The Morgan fingerprint density at radius 2 is 2.43 bits per heavy atom. The van der Waals surface area contributed by atoms with E-state index in [4.69, 9.17) is 10.2 Å². The van der Waals surface area contributed by atoms with E-state index in [-0.39, 0.29) is 6.04 Å².